The summed E-state index contributed by atoms with van der Waals surface area (Å²) >= 11 is 0. The first-order valence-electron chi connectivity index (χ1n) is 4.38. The van der Waals surface area contributed by atoms with E-state index in [9.17, 15) is 0 Å². The molecule has 2 aromatic rings. The fraction of sp³-hybridized carbons (Fsp3) is 0.333. The molecule has 2 N–H and O–H groups in total. The van der Waals surface area contributed by atoms with Crippen LogP contribution in [0, 0.1) is 0 Å². The Labute approximate surface area is 76.4 Å². The maximum absolute atomic E-state index is 5.68. The highest BCUT2D eigenvalue weighted by Crippen LogP contribution is 2.16. The summed E-state index contributed by atoms with van der Waals surface area (Å²) < 4.78 is 2.09. The third-order valence-corrected chi connectivity index (χ3v) is 2.03. The van der Waals surface area contributed by atoms with Gasteiger partial charge in [0.25, 0.3) is 0 Å². The van der Waals surface area contributed by atoms with Gasteiger partial charge in [0.1, 0.15) is 5.52 Å². The van der Waals surface area contributed by atoms with Crippen LogP contribution in [0.15, 0.2) is 18.6 Å². The maximum Gasteiger partial charge on any atom is 0.151 e. The van der Waals surface area contributed by atoms with E-state index in [4.69, 9.17) is 5.73 Å². The van der Waals surface area contributed by atoms with Gasteiger partial charge in [-0.2, -0.15) is 0 Å². The second-order valence-corrected chi connectivity index (χ2v) is 3.00. The van der Waals surface area contributed by atoms with Crippen molar-refractivity contribution in [1.29, 1.82) is 0 Å². The summed E-state index contributed by atoms with van der Waals surface area (Å²) in [4.78, 5) is 8.19. The van der Waals surface area contributed by atoms with Crippen LogP contribution in [0.4, 0.5) is 5.82 Å². The Hall–Kier alpha value is -1.58. The van der Waals surface area contributed by atoms with Crippen molar-refractivity contribution in [2.24, 2.45) is 0 Å². The number of rotatable bonds is 2. The summed E-state index contributed by atoms with van der Waals surface area (Å²) in [6.07, 6.45) is 4.62. The van der Waals surface area contributed by atoms with Gasteiger partial charge >= 0.3 is 0 Å². The Bertz CT molecular complexity index is 418. The molecule has 0 fully saturated rings. The molecular weight excluding hydrogens is 164 g/mol. The highest BCUT2D eigenvalue weighted by molar-refractivity contribution is 5.84. The van der Waals surface area contributed by atoms with E-state index < -0.39 is 0 Å². The third kappa shape index (κ3) is 1.24. The number of fused-ring (bicyclic) bond motifs is 1. The van der Waals surface area contributed by atoms with Crippen LogP contribution in [0.25, 0.3) is 11.0 Å². The SMILES string of the molecule is CCCn1cnc2c(N)nccc21. The van der Waals surface area contributed by atoms with Crippen LogP contribution in [0.2, 0.25) is 0 Å². The lowest BCUT2D eigenvalue weighted by Crippen LogP contribution is -1.95. The minimum absolute atomic E-state index is 0.507. The molecule has 2 heterocycles. The van der Waals surface area contributed by atoms with Gasteiger partial charge in [0.2, 0.25) is 0 Å². The Kier molecular flexibility index (Phi) is 1.88. The zero-order valence-corrected chi connectivity index (χ0v) is 7.57. The Morgan fingerprint density at radius 1 is 1.46 bits per heavy atom. The van der Waals surface area contributed by atoms with Crippen LogP contribution in [-0.4, -0.2) is 14.5 Å². The number of nitrogens with two attached hydrogens (primary N) is 1. The summed E-state index contributed by atoms with van der Waals surface area (Å²) in [5.41, 5.74) is 7.54. The molecule has 2 rings (SSSR count). The van der Waals surface area contributed by atoms with Gasteiger partial charge in [-0.1, -0.05) is 6.92 Å². The molecule has 0 amide bonds. The van der Waals surface area contributed by atoms with E-state index in [2.05, 4.69) is 21.5 Å². The Morgan fingerprint density at radius 2 is 2.31 bits per heavy atom. The summed E-state index contributed by atoms with van der Waals surface area (Å²) in [6.45, 7) is 3.11. The standard InChI is InChI=1S/C9H12N4/c1-2-5-13-6-12-8-7(13)3-4-11-9(8)10/h3-4,6H,2,5H2,1H3,(H2,10,11). The van der Waals surface area contributed by atoms with E-state index in [0.29, 0.717) is 5.82 Å². The molecule has 0 spiro atoms. The van der Waals surface area contributed by atoms with Crippen molar-refractivity contribution in [3.05, 3.63) is 18.6 Å². The van der Waals surface area contributed by atoms with Gasteiger partial charge in [0.05, 0.1) is 11.8 Å². The molecular formula is C9H12N4. The summed E-state index contributed by atoms with van der Waals surface area (Å²) in [5.74, 6) is 0.507. The molecule has 0 aliphatic heterocycles. The van der Waals surface area contributed by atoms with E-state index in [0.717, 1.165) is 24.0 Å². The quantitative estimate of drug-likeness (QED) is 0.752. The number of hydrogen-bond donors (Lipinski definition) is 1. The van der Waals surface area contributed by atoms with Gasteiger partial charge < -0.3 is 10.3 Å². The van der Waals surface area contributed by atoms with Crippen molar-refractivity contribution in [2.45, 2.75) is 19.9 Å². The number of aryl methyl sites for hydroxylation is 1. The topological polar surface area (TPSA) is 56.7 Å². The second kappa shape index (κ2) is 3.05. The highest BCUT2D eigenvalue weighted by Gasteiger charge is 2.04. The van der Waals surface area contributed by atoms with Crippen LogP contribution in [-0.2, 0) is 6.54 Å². The zero-order valence-electron chi connectivity index (χ0n) is 7.57. The van der Waals surface area contributed by atoms with Gasteiger partial charge in [0, 0.05) is 12.7 Å². The van der Waals surface area contributed by atoms with Crippen LogP contribution in [0.3, 0.4) is 0 Å². The van der Waals surface area contributed by atoms with Crippen molar-refractivity contribution in [2.75, 3.05) is 5.73 Å². The monoisotopic (exact) mass is 176 g/mol. The predicted molar refractivity (Wildman–Crippen MR) is 52.2 cm³/mol. The molecule has 0 aromatic carbocycles. The molecule has 0 radical (unpaired) electrons. The van der Waals surface area contributed by atoms with Crippen LogP contribution in [0.1, 0.15) is 13.3 Å². The molecule has 68 valence electrons. The van der Waals surface area contributed by atoms with Gasteiger partial charge in [0.15, 0.2) is 5.82 Å². The average Bonchev–Trinajstić information content (AvgIpc) is 2.51. The minimum Gasteiger partial charge on any atom is -0.382 e. The molecule has 0 saturated carbocycles. The molecule has 0 aliphatic carbocycles. The summed E-state index contributed by atoms with van der Waals surface area (Å²) in [7, 11) is 0. The lowest BCUT2D eigenvalue weighted by molar-refractivity contribution is 0.697. The first kappa shape index (κ1) is 8.04. The molecule has 2 aromatic heterocycles. The fourth-order valence-electron chi connectivity index (χ4n) is 1.43. The molecule has 0 saturated heterocycles. The number of hydrogen-bond acceptors (Lipinski definition) is 3. The summed E-state index contributed by atoms with van der Waals surface area (Å²) in [5, 5.41) is 0. The molecule has 0 aliphatic rings. The van der Waals surface area contributed by atoms with Gasteiger partial charge in [-0.3, -0.25) is 0 Å². The number of nitrogen functional groups attached to an aromatic ring is 1. The first-order valence-corrected chi connectivity index (χ1v) is 4.38. The largest absolute Gasteiger partial charge is 0.382 e. The minimum atomic E-state index is 0.507. The lowest BCUT2D eigenvalue weighted by Gasteiger charge is -2.00. The fourth-order valence-corrected chi connectivity index (χ4v) is 1.43. The van der Waals surface area contributed by atoms with Crippen LogP contribution >= 0.6 is 0 Å². The predicted octanol–water partition coefficient (Wildman–Crippen LogP) is 1.42. The van der Waals surface area contributed by atoms with E-state index in [1.165, 1.54) is 0 Å². The van der Waals surface area contributed by atoms with E-state index in [1.807, 2.05) is 12.4 Å². The number of anilines is 1. The van der Waals surface area contributed by atoms with Gasteiger partial charge in [-0.15, -0.1) is 0 Å². The third-order valence-electron chi connectivity index (χ3n) is 2.03. The van der Waals surface area contributed by atoms with Gasteiger partial charge in [-0.25, -0.2) is 9.97 Å². The normalized spacial score (nSPS) is 10.8. The van der Waals surface area contributed by atoms with Crippen molar-refractivity contribution in [3.63, 3.8) is 0 Å². The van der Waals surface area contributed by atoms with Crippen molar-refractivity contribution in [1.82, 2.24) is 14.5 Å². The highest BCUT2D eigenvalue weighted by atomic mass is 15.1. The van der Waals surface area contributed by atoms with Gasteiger partial charge in [-0.05, 0) is 12.5 Å². The molecule has 13 heavy (non-hydrogen) atoms. The zero-order chi connectivity index (χ0) is 9.26. The second-order valence-electron chi connectivity index (χ2n) is 3.00. The average molecular weight is 176 g/mol. The number of nitrogens with zero attached hydrogens (tertiary/aromatic N) is 3. The van der Waals surface area contributed by atoms with E-state index in [-0.39, 0.29) is 0 Å². The van der Waals surface area contributed by atoms with Crippen molar-refractivity contribution in [3.8, 4) is 0 Å². The van der Waals surface area contributed by atoms with Crippen LogP contribution in [0.5, 0.6) is 0 Å². The number of imidazole rings is 1. The summed E-state index contributed by atoms with van der Waals surface area (Å²) in [6, 6.07) is 1.94. The molecule has 0 unspecified atom stereocenters. The Balaban J connectivity index is 2.61. The molecule has 0 atom stereocenters. The van der Waals surface area contributed by atoms with Crippen LogP contribution < -0.4 is 5.73 Å². The smallest absolute Gasteiger partial charge is 0.151 e. The molecule has 4 nitrogen and oxygen atoms in total. The van der Waals surface area contributed by atoms with Crippen molar-refractivity contribution < 1.29 is 0 Å². The first-order chi connectivity index (χ1) is 6.33. The number of pyridine rings is 1. The molecule has 0 bridgehead atoms. The Morgan fingerprint density at radius 3 is 3.08 bits per heavy atom. The van der Waals surface area contributed by atoms with E-state index in [1.54, 1.807) is 6.20 Å². The van der Waals surface area contributed by atoms with E-state index >= 15 is 0 Å². The molecule has 4 heteroatoms. The number of aromatic nitrogens is 3. The lowest BCUT2D eigenvalue weighted by atomic mass is 10.3. The maximum atomic E-state index is 5.68. The van der Waals surface area contributed by atoms with Crippen molar-refractivity contribution >= 4 is 16.9 Å².